The summed E-state index contributed by atoms with van der Waals surface area (Å²) in [5, 5.41) is 3.36. The standard InChI is InChI=1S/C16H19FN2O2/c17-11-3-4-14-13(9-11)19-15(21-14)18-12-5-8-20-16(10-12)6-1-2-7-16/h3-4,9,12H,1-2,5-8,10H2,(H,18,19). The minimum Gasteiger partial charge on any atom is -0.424 e. The molecule has 1 unspecified atom stereocenters. The van der Waals surface area contributed by atoms with Crippen LogP contribution in [0.15, 0.2) is 22.6 Å². The topological polar surface area (TPSA) is 47.3 Å². The lowest BCUT2D eigenvalue weighted by molar-refractivity contribution is -0.0768. The molecule has 0 amide bonds. The van der Waals surface area contributed by atoms with Gasteiger partial charge in [-0.15, -0.1) is 0 Å². The van der Waals surface area contributed by atoms with Crippen LogP contribution in [-0.4, -0.2) is 23.2 Å². The molecule has 2 aromatic rings. The van der Waals surface area contributed by atoms with E-state index in [4.69, 9.17) is 9.15 Å². The molecule has 1 aliphatic carbocycles. The molecule has 1 saturated heterocycles. The van der Waals surface area contributed by atoms with E-state index >= 15 is 0 Å². The summed E-state index contributed by atoms with van der Waals surface area (Å²) in [5.41, 5.74) is 1.23. The Morgan fingerprint density at radius 2 is 2.14 bits per heavy atom. The molecule has 1 aromatic heterocycles. The molecular weight excluding hydrogens is 271 g/mol. The maximum Gasteiger partial charge on any atom is 0.295 e. The predicted octanol–water partition coefficient (Wildman–Crippen LogP) is 3.87. The summed E-state index contributed by atoms with van der Waals surface area (Å²) in [6.45, 7) is 0.784. The molecule has 1 N–H and O–H groups in total. The number of anilines is 1. The van der Waals surface area contributed by atoms with Gasteiger partial charge in [-0.3, -0.25) is 0 Å². The van der Waals surface area contributed by atoms with Gasteiger partial charge in [0.25, 0.3) is 6.01 Å². The van der Waals surface area contributed by atoms with Crippen LogP contribution in [0.25, 0.3) is 11.1 Å². The van der Waals surface area contributed by atoms with Crippen LogP contribution in [0.4, 0.5) is 10.4 Å². The highest BCUT2D eigenvalue weighted by molar-refractivity contribution is 5.74. The fourth-order valence-corrected chi connectivity index (χ4v) is 3.66. The van der Waals surface area contributed by atoms with E-state index in [0.717, 1.165) is 32.3 Å². The van der Waals surface area contributed by atoms with E-state index in [1.807, 2.05) is 0 Å². The largest absolute Gasteiger partial charge is 0.424 e. The van der Waals surface area contributed by atoms with E-state index in [9.17, 15) is 4.39 Å². The van der Waals surface area contributed by atoms with Crippen molar-refractivity contribution in [2.75, 3.05) is 11.9 Å². The number of nitrogens with zero attached hydrogens (tertiary/aromatic N) is 1. The normalized spacial score (nSPS) is 24.7. The van der Waals surface area contributed by atoms with Crippen molar-refractivity contribution in [2.45, 2.75) is 50.2 Å². The minimum absolute atomic E-state index is 0.0635. The summed E-state index contributed by atoms with van der Waals surface area (Å²) >= 11 is 0. The average Bonchev–Trinajstić information content (AvgIpc) is 3.05. The van der Waals surface area contributed by atoms with Crippen molar-refractivity contribution in [2.24, 2.45) is 0 Å². The van der Waals surface area contributed by atoms with Crippen LogP contribution < -0.4 is 5.32 Å². The first-order valence-electron chi connectivity index (χ1n) is 7.69. The number of ether oxygens (including phenoxy) is 1. The second-order valence-electron chi connectivity index (χ2n) is 6.20. The third-order valence-electron chi connectivity index (χ3n) is 4.68. The van der Waals surface area contributed by atoms with Crippen molar-refractivity contribution in [1.82, 2.24) is 4.98 Å². The SMILES string of the molecule is Fc1ccc2oc(NC3CCOC4(CCCC4)C3)nc2c1. The lowest BCUT2D eigenvalue weighted by atomic mass is 9.89. The first kappa shape index (κ1) is 13.1. The summed E-state index contributed by atoms with van der Waals surface area (Å²) < 4.78 is 24.9. The number of hydrogen-bond acceptors (Lipinski definition) is 4. The van der Waals surface area contributed by atoms with E-state index in [1.54, 1.807) is 6.07 Å². The number of aromatic nitrogens is 1. The predicted molar refractivity (Wildman–Crippen MR) is 77.8 cm³/mol. The third-order valence-corrected chi connectivity index (χ3v) is 4.68. The van der Waals surface area contributed by atoms with Crippen molar-refractivity contribution < 1.29 is 13.5 Å². The molecule has 0 bridgehead atoms. The van der Waals surface area contributed by atoms with E-state index in [0.29, 0.717) is 23.2 Å². The molecule has 112 valence electrons. The van der Waals surface area contributed by atoms with Crippen LogP contribution in [0.1, 0.15) is 38.5 Å². The van der Waals surface area contributed by atoms with E-state index < -0.39 is 0 Å². The van der Waals surface area contributed by atoms with Gasteiger partial charge in [0, 0.05) is 18.7 Å². The van der Waals surface area contributed by atoms with E-state index in [2.05, 4.69) is 10.3 Å². The Labute approximate surface area is 122 Å². The summed E-state index contributed by atoms with van der Waals surface area (Å²) in [7, 11) is 0. The molecule has 2 aliphatic rings. The molecule has 1 atom stereocenters. The third kappa shape index (κ3) is 2.50. The summed E-state index contributed by atoms with van der Waals surface area (Å²) in [6.07, 6.45) is 6.78. The van der Waals surface area contributed by atoms with E-state index in [-0.39, 0.29) is 11.4 Å². The Kier molecular flexibility index (Phi) is 3.10. The molecule has 1 aliphatic heterocycles. The number of oxazole rings is 1. The molecule has 5 heteroatoms. The molecule has 4 nitrogen and oxygen atoms in total. The Morgan fingerprint density at radius 3 is 3.00 bits per heavy atom. The monoisotopic (exact) mass is 290 g/mol. The van der Waals surface area contributed by atoms with Gasteiger partial charge in [-0.25, -0.2) is 4.39 Å². The number of nitrogens with one attached hydrogen (secondary N) is 1. The second kappa shape index (κ2) is 4.98. The van der Waals surface area contributed by atoms with E-state index in [1.165, 1.54) is 25.0 Å². The number of fused-ring (bicyclic) bond motifs is 1. The Morgan fingerprint density at radius 1 is 1.29 bits per heavy atom. The van der Waals surface area contributed by atoms with Gasteiger partial charge >= 0.3 is 0 Å². The number of benzene rings is 1. The Hall–Kier alpha value is -1.62. The minimum atomic E-state index is -0.293. The number of halogens is 1. The maximum absolute atomic E-state index is 13.2. The maximum atomic E-state index is 13.2. The zero-order chi connectivity index (χ0) is 14.3. The highest BCUT2D eigenvalue weighted by atomic mass is 19.1. The summed E-state index contributed by atoms with van der Waals surface area (Å²) in [6, 6.07) is 5.20. The lowest BCUT2D eigenvalue weighted by Gasteiger charge is -2.38. The number of hydrogen-bond donors (Lipinski definition) is 1. The Balaban J connectivity index is 1.51. The smallest absolute Gasteiger partial charge is 0.295 e. The highest BCUT2D eigenvalue weighted by Gasteiger charge is 2.40. The van der Waals surface area contributed by atoms with Crippen LogP contribution in [0.3, 0.4) is 0 Å². The summed E-state index contributed by atoms with van der Waals surface area (Å²) in [4.78, 5) is 4.32. The molecule has 1 aromatic carbocycles. The van der Waals surface area contributed by atoms with Gasteiger partial charge in [-0.1, -0.05) is 12.8 Å². The fourth-order valence-electron chi connectivity index (χ4n) is 3.66. The van der Waals surface area contributed by atoms with Crippen molar-refractivity contribution in [3.8, 4) is 0 Å². The van der Waals surface area contributed by atoms with Crippen molar-refractivity contribution in [3.63, 3.8) is 0 Å². The molecule has 4 rings (SSSR count). The van der Waals surface area contributed by atoms with Gasteiger partial charge in [-0.2, -0.15) is 4.98 Å². The van der Waals surface area contributed by atoms with Crippen LogP contribution in [-0.2, 0) is 4.74 Å². The van der Waals surface area contributed by atoms with Crippen molar-refractivity contribution in [3.05, 3.63) is 24.0 Å². The first-order valence-corrected chi connectivity index (χ1v) is 7.69. The van der Waals surface area contributed by atoms with Crippen LogP contribution in [0.5, 0.6) is 0 Å². The van der Waals surface area contributed by atoms with Gasteiger partial charge in [0.15, 0.2) is 5.58 Å². The van der Waals surface area contributed by atoms with Crippen LogP contribution in [0, 0.1) is 5.82 Å². The molecule has 1 spiro atoms. The van der Waals surface area contributed by atoms with Crippen LogP contribution >= 0.6 is 0 Å². The molecule has 2 fully saturated rings. The zero-order valence-electron chi connectivity index (χ0n) is 11.9. The summed E-state index contributed by atoms with van der Waals surface area (Å²) in [5.74, 6) is -0.293. The van der Waals surface area contributed by atoms with Gasteiger partial charge in [-0.05, 0) is 37.8 Å². The quantitative estimate of drug-likeness (QED) is 0.912. The van der Waals surface area contributed by atoms with Crippen molar-refractivity contribution in [1.29, 1.82) is 0 Å². The van der Waals surface area contributed by atoms with Gasteiger partial charge in [0.1, 0.15) is 11.3 Å². The molecule has 21 heavy (non-hydrogen) atoms. The molecule has 0 radical (unpaired) electrons. The van der Waals surface area contributed by atoms with Gasteiger partial charge < -0.3 is 14.5 Å². The zero-order valence-corrected chi connectivity index (χ0v) is 11.9. The van der Waals surface area contributed by atoms with Crippen molar-refractivity contribution >= 4 is 17.1 Å². The van der Waals surface area contributed by atoms with Crippen LogP contribution in [0.2, 0.25) is 0 Å². The molecule has 2 heterocycles. The lowest BCUT2D eigenvalue weighted by Crippen LogP contribution is -2.42. The second-order valence-corrected chi connectivity index (χ2v) is 6.20. The average molecular weight is 290 g/mol. The van der Waals surface area contributed by atoms with Gasteiger partial charge in [0.2, 0.25) is 0 Å². The highest BCUT2D eigenvalue weighted by Crippen LogP contribution is 2.40. The molecule has 1 saturated carbocycles. The van der Waals surface area contributed by atoms with Gasteiger partial charge in [0.05, 0.1) is 5.60 Å². The Bertz CT molecular complexity index is 649. The molecular formula is C16H19FN2O2. The number of rotatable bonds is 2. The fraction of sp³-hybridized carbons (Fsp3) is 0.562. The first-order chi connectivity index (χ1) is 10.2.